The molecule has 2 rings (SSSR count). The van der Waals surface area contributed by atoms with E-state index in [2.05, 4.69) is 4.72 Å². The molecule has 0 saturated heterocycles. The molecule has 0 aromatic heterocycles. The Morgan fingerprint density at radius 1 is 1.41 bits per heavy atom. The lowest BCUT2D eigenvalue weighted by atomic mass is 10.0. The van der Waals surface area contributed by atoms with E-state index < -0.39 is 36.9 Å². The molecule has 0 radical (unpaired) electrons. The zero-order chi connectivity index (χ0) is 16.5. The normalized spacial score (nSPS) is 17.6. The molecule has 3 N–H and O–H groups in total. The highest BCUT2D eigenvalue weighted by atomic mass is 32.2. The number of nitrogens with zero attached hydrogens (tertiary/aromatic N) is 1. The van der Waals surface area contributed by atoms with Gasteiger partial charge in [-0.05, 0) is 25.8 Å². The SMILES string of the molecule is Cc1c(F)cc(S(=O)(=O)NC2(CN)CCCC2)cc1[N+](=O)[O-]. The van der Waals surface area contributed by atoms with Gasteiger partial charge in [0.1, 0.15) is 5.82 Å². The van der Waals surface area contributed by atoms with Gasteiger partial charge in [0, 0.05) is 18.2 Å². The van der Waals surface area contributed by atoms with Crippen LogP contribution in [0.15, 0.2) is 17.0 Å². The molecule has 0 unspecified atom stereocenters. The molecule has 1 fully saturated rings. The highest BCUT2D eigenvalue weighted by molar-refractivity contribution is 7.89. The first-order valence-corrected chi connectivity index (χ1v) is 8.38. The maximum atomic E-state index is 13.8. The summed E-state index contributed by atoms with van der Waals surface area (Å²) in [7, 11) is -4.08. The molecule has 0 atom stereocenters. The highest BCUT2D eigenvalue weighted by Crippen LogP contribution is 2.31. The summed E-state index contributed by atoms with van der Waals surface area (Å²) < 4.78 is 41.2. The Morgan fingerprint density at radius 2 is 2.00 bits per heavy atom. The minimum absolute atomic E-state index is 0.128. The number of nitro groups is 1. The molecule has 1 aliphatic rings. The Labute approximate surface area is 127 Å². The maximum Gasteiger partial charge on any atom is 0.276 e. The molecule has 0 bridgehead atoms. The van der Waals surface area contributed by atoms with Crippen molar-refractivity contribution in [3.63, 3.8) is 0 Å². The molecule has 1 aliphatic carbocycles. The van der Waals surface area contributed by atoms with E-state index >= 15 is 0 Å². The first kappa shape index (κ1) is 16.8. The van der Waals surface area contributed by atoms with E-state index in [1.807, 2.05) is 0 Å². The smallest absolute Gasteiger partial charge is 0.276 e. The summed E-state index contributed by atoms with van der Waals surface area (Å²) in [5.74, 6) is -0.928. The minimum atomic E-state index is -4.08. The van der Waals surface area contributed by atoms with Crippen LogP contribution in [0.3, 0.4) is 0 Å². The van der Waals surface area contributed by atoms with Crippen molar-refractivity contribution in [3.8, 4) is 0 Å². The largest absolute Gasteiger partial charge is 0.329 e. The average molecular weight is 331 g/mol. The van der Waals surface area contributed by atoms with Crippen LogP contribution in [0.1, 0.15) is 31.2 Å². The van der Waals surface area contributed by atoms with Crippen LogP contribution < -0.4 is 10.5 Å². The van der Waals surface area contributed by atoms with Crippen LogP contribution in [-0.4, -0.2) is 25.4 Å². The van der Waals surface area contributed by atoms with Crippen LogP contribution in [0.5, 0.6) is 0 Å². The van der Waals surface area contributed by atoms with Crippen molar-refractivity contribution in [3.05, 3.63) is 33.6 Å². The van der Waals surface area contributed by atoms with Crippen LogP contribution in [-0.2, 0) is 10.0 Å². The molecule has 1 saturated carbocycles. The summed E-state index contributed by atoms with van der Waals surface area (Å²) in [6, 6.07) is 1.67. The second-order valence-electron chi connectivity index (χ2n) is 5.60. The van der Waals surface area contributed by atoms with E-state index in [4.69, 9.17) is 5.73 Å². The van der Waals surface area contributed by atoms with Gasteiger partial charge in [-0.15, -0.1) is 0 Å². The molecule has 1 aromatic carbocycles. The van der Waals surface area contributed by atoms with Gasteiger partial charge in [-0.1, -0.05) is 12.8 Å². The van der Waals surface area contributed by atoms with Crippen LogP contribution in [0.4, 0.5) is 10.1 Å². The van der Waals surface area contributed by atoms with Crippen LogP contribution in [0, 0.1) is 22.9 Å². The van der Waals surface area contributed by atoms with Crippen LogP contribution in [0.25, 0.3) is 0 Å². The van der Waals surface area contributed by atoms with E-state index in [0.717, 1.165) is 25.0 Å². The van der Waals surface area contributed by atoms with Crippen molar-refractivity contribution in [1.29, 1.82) is 0 Å². The van der Waals surface area contributed by atoms with Gasteiger partial charge in [-0.25, -0.2) is 17.5 Å². The molecule has 1 aromatic rings. The van der Waals surface area contributed by atoms with Crippen molar-refractivity contribution in [2.45, 2.75) is 43.0 Å². The fourth-order valence-electron chi connectivity index (χ4n) is 2.73. The number of nitro benzene ring substituents is 1. The number of nitrogens with one attached hydrogen (secondary N) is 1. The molecule has 0 heterocycles. The second-order valence-corrected chi connectivity index (χ2v) is 7.29. The summed E-state index contributed by atoms with van der Waals surface area (Å²) in [4.78, 5) is 9.66. The number of hydrogen-bond acceptors (Lipinski definition) is 5. The van der Waals surface area contributed by atoms with Gasteiger partial charge in [-0.3, -0.25) is 10.1 Å². The van der Waals surface area contributed by atoms with Gasteiger partial charge >= 0.3 is 0 Å². The summed E-state index contributed by atoms with van der Waals surface area (Å²) >= 11 is 0. The number of nitrogens with two attached hydrogens (primary N) is 1. The van der Waals surface area contributed by atoms with E-state index in [1.54, 1.807) is 0 Å². The molecule has 0 amide bonds. The lowest BCUT2D eigenvalue weighted by Gasteiger charge is -2.28. The fraction of sp³-hybridized carbons (Fsp3) is 0.538. The van der Waals surface area contributed by atoms with Gasteiger partial charge in [0.05, 0.1) is 15.4 Å². The van der Waals surface area contributed by atoms with Gasteiger partial charge < -0.3 is 5.73 Å². The summed E-state index contributed by atoms with van der Waals surface area (Å²) in [5.41, 5.74) is 4.16. The molecule has 0 spiro atoms. The Bertz CT molecular complexity index is 699. The van der Waals surface area contributed by atoms with Crippen molar-refractivity contribution >= 4 is 15.7 Å². The lowest BCUT2D eigenvalue weighted by molar-refractivity contribution is -0.385. The number of sulfonamides is 1. The zero-order valence-corrected chi connectivity index (χ0v) is 13.0. The Morgan fingerprint density at radius 3 is 2.50 bits per heavy atom. The third-order valence-electron chi connectivity index (χ3n) is 4.10. The third-order valence-corrected chi connectivity index (χ3v) is 5.66. The summed E-state index contributed by atoms with van der Waals surface area (Å²) in [6.45, 7) is 1.36. The molecule has 122 valence electrons. The first-order chi connectivity index (χ1) is 10.2. The Hall–Kier alpha value is -1.58. The third kappa shape index (κ3) is 3.11. The van der Waals surface area contributed by atoms with Crippen molar-refractivity contribution in [1.82, 2.24) is 4.72 Å². The van der Waals surface area contributed by atoms with E-state index in [0.29, 0.717) is 12.8 Å². The zero-order valence-electron chi connectivity index (χ0n) is 12.1. The second kappa shape index (κ2) is 5.90. The topological polar surface area (TPSA) is 115 Å². The molecule has 0 aliphatic heterocycles. The first-order valence-electron chi connectivity index (χ1n) is 6.89. The maximum absolute atomic E-state index is 13.8. The average Bonchev–Trinajstić information content (AvgIpc) is 2.89. The number of rotatable bonds is 5. The summed E-state index contributed by atoms with van der Waals surface area (Å²) in [6.07, 6.45) is 2.89. The van der Waals surface area contributed by atoms with Gasteiger partial charge in [0.15, 0.2) is 0 Å². The molecular formula is C13H18FN3O4S. The summed E-state index contributed by atoms with van der Waals surface area (Å²) in [5, 5.41) is 10.9. The number of hydrogen-bond donors (Lipinski definition) is 2. The van der Waals surface area contributed by atoms with Crippen molar-refractivity contribution < 1.29 is 17.7 Å². The quantitative estimate of drug-likeness (QED) is 0.628. The van der Waals surface area contributed by atoms with Crippen LogP contribution in [0.2, 0.25) is 0 Å². The van der Waals surface area contributed by atoms with E-state index in [-0.39, 0.29) is 12.1 Å². The van der Waals surface area contributed by atoms with Crippen molar-refractivity contribution in [2.75, 3.05) is 6.54 Å². The van der Waals surface area contributed by atoms with Gasteiger partial charge in [0.2, 0.25) is 10.0 Å². The van der Waals surface area contributed by atoms with Gasteiger partial charge in [0.25, 0.3) is 5.69 Å². The number of halogens is 1. The molecule has 7 nitrogen and oxygen atoms in total. The predicted octanol–water partition coefficient (Wildman–Crippen LogP) is 1.59. The fourth-order valence-corrected chi connectivity index (χ4v) is 4.23. The van der Waals surface area contributed by atoms with Gasteiger partial charge in [-0.2, -0.15) is 0 Å². The Balaban J connectivity index is 2.44. The highest BCUT2D eigenvalue weighted by Gasteiger charge is 2.37. The molecule has 22 heavy (non-hydrogen) atoms. The lowest BCUT2D eigenvalue weighted by Crippen LogP contribution is -2.51. The van der Waals surface area contributed by atoms with E-state index in [9.17, 15) is 22.9 Å². The Kier molecular flexibility index (Phi) is 4.50. The van der Waals surface area contributed by atoms with E-state index in [1.165, 1.54) is 6.92 Å². The standard InChI is InChI=1S/C13H18FN3O4S/c1-9-11(14)6-10(7-12(9)17(18)19)22(20,21)16-13(8-15)4-2-3-5-13/h6-7,16H,2-5,8,15H2,1H3. The van der Waals surface area contributed by atoms with Crippen LogP contribution >= 0.6 is 0 Å². The molecular weight excluding hydrogens is 313 g/mol. The van der Waals surface area contributed by atoms with Crippen molar-refractivity contribution in [2.24, 2.45) is 5.73 Å². The predicted molar refractivity (Wildman–Crippen MR) is 78.4 cm³/mol. The minimum Gasteiger partial charge on any atom is -0.329 e. The molecule has 9 heteroatoms. The number of benzene rings is 1. The monoisotopic (exact) mass is 331 g/mol.